The van der Waals surface area contributed by atoms with Crippen LogP contribution in [0.1, 0.15) is 104 Å². The monoisotopic (exact) mass is 380 g/mol. The van der Waals surface area contributed by atoms with E-state index in [2.05, 4.69) is 19.1 Å². The van der Waals surface area contributed by atoms with Crippen LogP contribution in [0.4, 0.5) is 0 Å². The first-order valence-electron chi connectivity index (χ1n) is 11.1. The summed E-state index contributed by atoms with van der Waals surface area (Å²) in [6.45, 7) is 4.21. The molecular formula is C23H40O4. The number of ketones is 1. The first-order valence-corrected chi connectivity index (χ1v) is 11.1. The quantitative estimate of drug-likeness (QED) is 0.283. The lowest BCUT2D eigenvalue weighted by Crippen LogP contribution is -2.38. The Bertz CT molecular complexity index is 471. The summed E-state index contributed by atoms with van der Waals surface area (Å²) in [5, 5.41) is 19.7. The van der Waals surface area contributed by atoms with Gasteiger partial charge in [-0.05, 0) is 50.9 Å². The molecule has 1 saturated carbocycles. The maximum Gasteiger partial charge on any atom is 0.335 e. The summed E-state index contributed by atoms with van der Waals surface area (Å²) in [5.41, 5.74) is -1.60. The van der Waals surface area contributed by atoms with Crippen molar-refractivity contribution >= 4 is 11.8 Å². The molecule has 1 aliphatic carbocycles. The van der Waals surface area contributed by atoms with Gasteiger partial charge in [-0.25, -0.2) is 4.79 Å². The zero-order valence-corrected chi connectivity index (χ0v) is 17.4. The number of carboxylic acids is 1. The Morgan fingerprint density at radius 3 is 2.44 bits per heavy atom. The van der Waals surface area contributed by atoms with Crippen LogP contribution < -0.4 is 0 Å². The number of carbonyl (C=O) groups excluding carboxylic acids is 1. The maximum atomic E-state index is 12.2. The molecule has 0 aliphatic heterocycles. The van der Waals surface area contributed by atoms with E-state index in [4.69, 9.17) is 0 Å². The standard InChI is InChI=1S/C23H40O4/c1-3-5-7-8-9-10-13-19-15-16-21(24)20(19)14-11-12-18-23(27,22(25)26)17-6-4-2/h10,13,19-20,27H,3-9,11-12,14-18H2,1-2H3,(H,25,26)/t19-,20+,23?/m0/s1. The van der Waals surface area contributed by atoms with Crippen molar-refractivity contribution in [2.45, 2.75) is 109 Å². The van der Waals surface area contributed by atoms with Crippen LogP contribution in [0, 0.1) is 11.8 Å². The number of unbranched alkanes of at least 4 members (excludes halogenated alkanes) is 6. The first-order chi connectivity index (χ1) is 12.9. The molecule has 1 fully saturated rings. The van der Waals surface area contributed by atoms with Gasteiger partial charge in [0, 0.05) is 12.3 Å². The molecule has 0 aromatic carbocycles. The molecule has 0 spiro atoms. The van der Waals surface area contributed by atoms with Gasteiger partial charge in [0.1, 0.15) is 5.78 Å². The molecule has 0 heterocycles. The third-order valence-electron chi connectivity index (χ3n) is 5.96. The van der Waals surface area contributed by atoms with Crippen LogP contribution in [0.25, 0.3) is 0 Å². The number of Topliss-reactive ketones (excluding diaryl/α,β-unsaturated/α-hetero) is 1. The van der Waals surface area contributed by atoms with Crippen molar-refractivity contribution in [3.8, 4) is 0 Å². The molecule has 156 valence electrons. The van der Waals surface area contributed by atoms with Crippen molar-refractivity contribution in [3.05, 3.63) is 12.2 Å². The second-order valence-corrected chi connectivity index (χ2v) is 8.24. The molecule has 1 unspecified atom stereocenters. The van der Waals surface area contributed by atoms with Crippen LogP contribution in [-0.4, -0.2) is 27.6 Å². The van der Waals surface area contributed by atoms with E-state index in [0.717, 1.165) is 38.5 Å². The number of hydrogen-bond acceptors (Lipinski definition) is 3. The lowest BCUT2D eigenvalue weighted by molar-refractivity contribution is -0.160. The summed E-state index contributed by atoms with van der Waals surface area (Å²) in [6.07, 6.45) is 16.7. The highest BCUT2D eigenvalue weighted by Gasteiger charge is 2.35. The van der Waals surface area contributed by atoms with Gasteiger partial charge in [-0.3, -0.25) is 4.79 Å². The average Bonchev–Trinajstić information content (AvgIpc) is 2.99. The van der Waals surface area contributed by atoms with Crippen molar-refractivity contribution in [1.82, 2.24) is 0 Å². The molecule has 4 nitrogen and oxygen atoms in total. The van der Waals surface area contributed by atoms with E-state index in [0.29, 0.717) is 31.0 Å². The zero-order chi connectivity index (χ0) is 20.1. The molecule has 0 aromatic heterocycles. The summed E-state index contributed by atoms with van der Waals surface area (Å²) in [7, 11) is 0. The lowest BCUT2D eigenvalue weighted by atomic mass is 9.86. The third-order valence-corrected chi connectivity index (χ3v) is 5.96. The Morgan fingerprint density at radius 1 is 1.07 bits per heavy atom. The summed E-state index contributed by atoms with van der Waals surface area (Å²) in [5.74, 6) is -0.320. The van der Waals surface area contributed by atoms with Crippen LogP contribution in [0.15, 0.2) is 12.2 Å². The maximum absolute atomic E-state index is 12.2. The largest absolute Gasteiger partial charge is 0.479 e. The van der Waals surface area contributed by atoms with Crippen LogP contribution in [0.2, 0.25) is 0 Å². The van der Waals surface area contributed by atoms with Gasteiger partial charge in [0.2, 0.25) is 0 Å². The molecule has 2 N–H and O–H groups in total. The molecule has 27 heavy (non-hydrogen) atoms. The van der Waals surface area contributed by atoms with Gasteiger partial charge in [-0.1, -0.05) is 64.5 Å². The van der Waals surface area contributed by atoms with Crippen molar-refractivity contribution < 1.29 is 19.8 Å². The second kappa shape index (κ2) is 13.1. The highest BCUT2D eigenvalue weighted by atomic mass is 16.4. The molecule has 1 rings (SSSR count). The number of aliphatic carboxylic acids is 1. The van der Waals surface area contributed by atoms with Gasteiger partial charge < -0.3 is 10.2 Å². The molecule has 1 aliphatic rings. The van der Waals surface area contributed by atoms with Gasteiger partial charge in [0.05, 0.1) is 0 Å². The fourth-order valence-corrected chi connectivity index (χ4v) is 4.09. The summed E-state index contributed by atoms with van der Waals surface area (Å²) >= 11 is 0. The fraction of sp³-hybridized carbons (Fsp3) is 0.826. The smallest absolute Gasteiger partial charge is 0.335 e. The molecule has 0 bridgehead atoms. The first kappa shape index (κ1) is 23.9. The molecule has 0 saturated heterocycles. The van der Waals surface area contributed by atoms with E-state index in [1.807, 2.05) is 6.92 Å². The zero-order valence-electron chi connectivity index (χ0n) is 17.4. The van der Waals surface area contributed by atoms with E-state index in [-0.39, 0.29) is 12.3 Å². The average molecular weight is 381 g/mol. The molecule has 3 atom stereocenters. The Morgan fingerprint density at radius 2 is 1.78 bits per heavy atom. The van der Waals surface area contributed by atoms with Crippen molar-refractivity contribution in [1.29, 1.82) is 0 Å². The van der Waals surface area contributed by atoms with Crippen molar-refractivity contribution in [2.75, 3.05) is 0 Å². The van der Waals surface area contributed by atoms with E-state index in [1.54, 1.807) is 0 Å². The predicted molar refractivity (Wildman–Crippen MR) is 110 cm³/mol. The van der Waals surface area contributed by atoms with Crippen LogP contribution >= 0.6 is 0 Å². The van der Waals surface area contributed by atoms with E-state index >= 15 is 0 Å². The lowest BCUT2D eigenvalue weighted by Gasteiger charge is -2.23. The number of aliphatic hydroxyl groups is 1. The van der Waals surface area contributed by atoms with Crippen LogP contribution in [-0.2, 0) is 9.59 Å². The van der Waals surface area contributed by atoms with E-state index in [1.165, 1.54) is 25.7 Å². The van der Waals surface area contributed by atoms with Crippen LogP contribution in [0.5, 0.6) is 0 Å². The van der Waals surface area contributed by atoms with Gasteiger partial charge in [-0.15, -0.1) is 0 Å². The molecule has 0 amide bonds. The number of carbonyl (C=O) groups is 2. The number of carboxylic acid groups (broad SMARTS) is 1. The Hall–Kier alpha value is -1.16. The third kappa shape index (κ3) is 8.59. The van der Waals surface area contributed by atoms with Gasteiger partial charge >= 0.3 is 5.97 Å². The number of hydrogen-bond donors (Lipinski definition) is 2. The SMILES string of the molecule is CCCCCCC=C[C@H]1CCC(=O)[C@@H]1CCCCC(O)(CCCC)C(=O)O. The van der Waals surface area contributed by atoms with E-state index < -0.39 is 11.6 Å². The molecule has 0 aromatic rings. The minimum atomic E-state index is -1.60. The fourth-order valence-electron chi connectivity index (χ4n) is 4.09. The molecule has 4 heteroatoms. The van der Waals surface area contributed by atoms with Gasteiger partial charge in [0.25, 0.3) is 0 Å². The highest BCUT2D eigenvalue weighted by molar-refractivity contribution is 5.83. The van der Waals surface area contributed by atoms with Crippen molar-refractivity contribution in [2.24, 2.45) is 11.8 Å². The van der Waals surface area contributed by atoms with Crippen molar-refractivity contribution in [3.63, 3.8) is 0 Å². The minimum absolute atomic E-state index is 0.0884. The highest BCUT2D eigenvalue weighted by Crippen LogP contribution is 2.34. The predicted octanol–water partition coefficient (Wildman–Crippen LogP) is 5.67. The number of allylic oxidation sites excluding steroid dienone is 2. The van der Waals surface area contributed by atoms with Gasteiger partial charge in [0.15, 0.2) is 5.60 Å². The summed E-state index contributed by atoms with van der Waals surface area (Å²) in [4.78, 5) is 23.6. The molecular weight excluding hydrogens is 340 g/mol. The van der Waals surface area contributed by atoms with E-state index in [9.17, 15) is 19.8 Å². The summed E-state index contributed by atoms with van der Waals surface area (Å²) < 4.78 is 0. The number of rotatable bonds is 15. The van der Waals surface area contributed by atoms with Crippen LogP contribution in [0.3, 0.4) is 0 Å². The second-order valence-electron chi connectivity index (χ2n) is 8.24. The summed E-state index contributed by atoms with van der Waals surface area (Å²) in [6, 6.07) is 0. The Kier molecular flexibility index (Phi) is 11.6. The normalized spacial score (nSPS) is 22.4. The topological polar surface area (TPSA) is 74.6 Å². The Labute approximate surface area is 165 Å². The van der Waals surface area contributed by atoms with Gasteiger partial charge in [-0.2, -0.15) is 0 Å². The Balaban J connectivity index is 2.38. The minimum Gasteiger partial charge on any atom is -0.479 e. The molecule has 0 radical (unpaired) electrons.